The van der Waals surface area contributed by atoms with Gasteiger partial charge in [-0.2, -0.15) is 4.79 Å². The molecule has 0 heterocycles. The van der Waals surface area contributed by atoms with E-state index in [-0.39, 0.29) is 0 Å². The average molecular weight is 171 g/mol. The Morgan fingerprint density at radius 3 is 2.58 bits per heavy atom. The van der Waals surface area contributed by atoms with E-state index in [2.05, 4.69) is 4.79 Å². The van der Waals surface area contributed by atoms with Gasteiger partial charge in [-0.25, -0.2) is 0 Å². The van der Waals surface area contributed by atoms with Crippen LogP contribution in [-0.4, -0.2) is 33.4 Å². The Morgan fingerprint density at radius 2 is 2.25 bits per heavy atom. The maximum atomic E-state index is 10.7. The van der Waals surface area contributed by atoms with Gasteiger partial charge in [0.25, 0.3) is 0 Å². The topological polar surface area (TPSA) is 117 Å². The standard InChI is InChI=1S/C6H9N3O3/c1-6(7,5(11)12)2-4(10)3-9-8/h3H,2,7H2,1H3,(H,11,12)/t6-/m0/s1. The number of hydrogen-bond donors (Lipinski definition) is 2. The zero-order chi connectivity index (χ0) is 9.78. The number of rotatable bonds is 4. The van der Waals surface area contributed by atoms with Gasteiger partial charge in [0, 0.05) is 6.42 Å². The number of carbonyl (C=O) groups excluding carboxylic acids is 1. The first-order valence-corrected chi connectivity index (χ1v) is 3.12. The molecule has 0 unspecified atom stereocenters. The summed E-state index contributed by atoms with van der Waals surface area (Å²) in [4.78, 5) is 23.5. The molecule has 6 nitrogen and oxygen atoms in total. The second-order valence-electron chi connectivity index (χ2n) is 2.61. The third-order valence-electron chi connectivity index (χ3n) is 1.23. The highest BCUT2D eigenvalue weighted by atomic mass is 16.4. The summed E-state index contributed by atoms with van der Waals surface area (Å²) < 4.78 is 0. The minimum absolute atomic E-state index is 0.396. The first-order chi connectivity index (χ1) is 5.40. The van der Waals surface area contributed by atoms with Crippen LogP contribution in [0.5, 0.6) is 0 Å². The minimum atomic E-state index is -1.61. The van der Waals surface area contributed by atoms with E-state index in [1.54, 1.807) is 0 Å². The van der Waals surface area contributed by atoms with Crippen LogP contribution in [0.3, 0.4) is 0 Å². The molecule has 0 fully saturated rings. The van der Waals surface area contributed by atoms with Gasteiger partial charge in [-0.3, -0.25) is 9.59 Å². The van der Waals surface area contributed by atoms with Crippen molar-refractivity contribution in [3.63, 3.8) is 0 Å². The number of ketones is 1. The lowest BCUT2D eigenvalue weighted by molar-refractivity contribution is -0.144. The fraction of sp³-hybridized carbons (Fsp3) is 0.500. The Balaban J connectivity index is 4.34. The third-order valence-corrected chi connectivity index (χ3v) is 1.23. The number of nitrogens with two attached hydrogens (primary N) is 1. The fourth-order valence-corrected chi connectivity index (χ4v) is 0.548. The van der Waals surface area contributed by atoms with Crippen molar-refractivity contribution in [1.82, 2.24) is 0 Å². The molecule has 0 aromatic rings. The van der Waals surface area contributed by atoms with E-state index in [0.717, 1.165) is 0 Å². The number of Topliss-reactive ketones (excluding diaryl/α,β-unsaturated/α-hetero) is 1. The SMILES string of the molecule is C[C@](N)(CC(=O)C=[N+]=[N-])C(=O)O. The molecule has 66 valence electrons. The van der Waals surface area contributed by atoms with Gasteiger partial charge in [0.15, 0.2) is 0 Å². The van der Waals surface area contributed by atoms with Crippen LogP contribution in [0, 0.1) is 0 Å². The molecule has 1 atom stereocenters. The number of aliphatic carboxylic acids is 1. The molecule has 0 aliphatic rings. The molecule has 0 aromatic heterocycles. The molecular weight excluding hydrogens is 162 g/mol. The van der Waals surface area contributed by atoms with Crippen LogP contribution in [0.2, 0.25) is 0 Å². The summed E-state index contributed by atoms with van der Waals surface area (Å²) in [6.07, 6.45) is 0.223. The van der Waals surface area contributed by atoms with Crippen molar-refractivity contribution in [3.05, 3.63) is 5.53 Å². The highest BCUT2D eigenvalue weighted by molar-refractivity contribution is 6.26. The van der Waals surface area contributed by atoms with E-state index < -0.39 is 23.7 Å². The number of carbonyl (C=O) groups is 2. The maximum absolute atomic E-state index is 10.7. The summed E-state index contributed by atoms with van der Waals surface area (Å²) in [6, 6.07) is 0. The van der Waals surface area contributed by atoms with E-state index in [1.165, 1.54) is 6.92 Å². The predicted octanol–water partition coefficient (Wildman–Crippen LogP) is -0.952. The molecule has 3 N–H and O–H groups in total. The lowest BCUT2D eigenvalue weighted by atomic mass is 9.97. The lowest BCUT2D eigenvalue weighted by Gasteiger charge is -2.15. The number of carboxylic acids is 1. The van der Waals surface area contributed by atoms with E-state index in [0.29, 0.717) is 6.21 Å². The normalized spacial score (nSPS) is 14.2. The molecular formula is C6H9N3O3. The van der Waals surface area contributed by atoms with E-state index in [9.17, 15) is 9.59 Å². The molecule has 0 radical (unpaired) electrons. The van der Waals surface area contributed by atoms with Crippen LogP contribution >= 0.6 is 0 Å². The summed E-state index contributed by atoms with van der Waals surface area (Å²) in [7, 11) is 0. The molecule has 0 amide bonds. The van der Waals surface area contributed by atoms with Crippen LogP contribution in [0.1, 0.15) is 13.3 Å². The second kappa shape index (κ2) is 3.75. The first-order valence-electron chi connectivity index (χ1n) is 3.12. The molecule has 6 heteroatoms. The summed E-state index contributed by atoms with van der Waals surface area (Å²) in [6.45, 7) is 1.21. The smallest absolute Gasteiger partial charge is 0.323 e. The fourth-order valence-electron chi connectivity index (χ4n) is 0.548. The van der Waals surface area contributed by atoms with Crippen molar-refractivity contribution < 1.29 is 19.5 Å². The highest BCUT2D eigenvalue weighted by Gasteiger charge is 2.31. The summed E-state index contributed by atoms with van der Waals surface area (Å²) in [5, 5.41) is 8.47. The van der Waals surface area contributed by atoms with Crippen molar-refractivity contribution in [1.29, 1.82) is 0 Å². The van der Waals surface area contributed by atoms with Crippen LogP contribution in [0.25, 0.3) is 5.53 Å². The molecule has 0 spiro atoms. The lowest BCUT2D eigenvalue weighted by Crippen LogP contribution is -2.46. The number of hydrogen-bond acceptors (Lipinski definition) is 3. The molecule has 0 bridgehead atoms. The number of carboxylic acid groups (broad SMARTS) is 1. The van der Waals surface area contributed by atoms with Gasteiger partial charge >= 0.3 is 12.2 Å². The molecule has 0 saturated heterocycles. The summed E-state index contributed by atoms with van der Waals surface area (Å²) in [5.41, 5.74) is 11.5. The van der Waals surface area contributed by atoms with Crippen molar-refractivity contribution in [2.24, 2.45) is 5.73 Å². The van der Waals surface area contributed by atoms with Crippen molar-refractivity contribution in [2.45, 2.75) is 18.9 Å². The van der Waals surface area contributed by atoms with E-state index in [1.807, 2.05) is 0 Å². The second-order valence-corrected chi connectivity index (χ2v) is 2.61. The summed E-state index contributed by atoms with van der Waals surface area (Å²) >= 11 is 0. The van der Waals surface area contributed by atoms with Gasteiger partial charge in [-0.1, -0.05) is 0 Å². The quantitative estimate of drug-likeness (QED) is 0.322. The molecule has 0 saturated carbocycles. The summed E-state index contributed by atoms with van der Waals surface area (Å²) in [5.74, 6) is -1.91. The third kappa shape index (κ3) is 3.05. The van der Waals surface area contributed by atoms with E-state index >= 15 is 0 Å². The van der Waals surface area contributed by atoms with Gasteiger partial charge in [0.1, 0.15) is 5.54 Å². The van der Waals surface area contributed by atoms with Gasteiger partial charge in [0.05, 0.1) is 0 Å². The van der Waals surface area contributed by atoms with E-state index in [4.69, 9.17) is 16.4 Å². The molecule has 12 heavy (non-hydrogen) atoms. The Morgan fingerprint density at radius 1 is 1.75 bits per heavy atom. The minimum Gasteiger partial charge on any atom is -0.480 e. The molecule has 0 aromatic carbocycles. The van der Waals surface area contributed by atoms with Crippen molar-refractivity contribution in [2.75, 3.05) is 0 Å². The molecule has 0 aliphatic heterocycles. The van der Waals surface area contributed by atoms with Crippen molar-refractivity contribution >= 4 is 18.0 Å². The predicted molar refractivity (Wildman–Crippen MR) is 39.5 cm³/mol. The average Bonchev–Trinajstić information content (AvgIpc) is 1.85. The monoisotopic (exact) mass is 171 g/mol. The van der Waals surface area contributed by atoms with Gasteiger partial charge in [0.2, 0.25) is 5.78 Å². The van der Waals surface area contributed by atoms with Gasteiger partial charge in [-0.15, -0.1) is 0 Å². The Hall–Kier alpha value is -1.52. The van der Waals surface area contributed by atoms with Crippen LogP contribution in [0.4, 0.5) is 0 Å². The highest BCUT2D eigenvalue weighted by Crippen LogP contribution is 2.04. The van der Waals surface area contributed by atoms with Gasteiger partial charge < -0.3 is 16.4 Å². The largest absolute Gasteiger partial charge is 0.480 e. The van der Waals surface area contributed by atoms with Crippen LogP contribution < -0.4 is 5.73 Å². The van der Waals surface area contributed by atoms with Crippen LogP contribution in [-0.2, 0) is 9.59 Å². The van der Waals surface area contributed by atoms with Crippen LogP contribution in [0.15, 0.2) is 0 Å². The maximum Gasteiger partial charge on any atom is 0.323 e. The number of nitrogens with zero attached hydrogens (tertiary/aromatic N) is 2. The Kier molecular flexibility index (Phi) is 3.28. The van der Waals surface area contributed by atoms with Crippen molar-refractivity contribution in [3.8, 4) is 0 Å². The molecule has 0 rings (SSSR count). The molecule has 0 aliphatic carbocycles. The zero-order valence-corrected chi connectivity index (χ0v) is 6.52. The first kappa shape index (κ1) is 10.5. The Labute approximate surface area is 68.6 Å². The van der Waals surface area contributed by atoms with Gasteiger partial charge in [-0.05, 0) is 6.92 Å². The zero-order valence-electron chi connectivity index (χ0n) is 6.52. The Bertz CT molecular complexity index is 253.